The first kappa shape index (κ1) is 13.6. The molecule has 0 unspecified atom stereocenters. The van der Waals surface area contributed by atoms with Crippen molar-refractivity contribution in [3.8, 4) is 5.75 Å². The summed E-state index contributed by atoms with van der Waals surface area (Å²) in [5, 5.41) is 15.1. The minimum Gasteiger partial charge on any atom is -0.487 e. The summed E-state index contributed by atoms with van der Waals surface area (Å²) >= 11 is 0. The maximum absolute atomic E-state index is 9.49. The van der Waals surface area contributed by atoms with E-state index in [9.17, 15) is 5.11 Å². The third kappa shape index (κ3) is 2.76. The van der Waals surface area contributed by atoms with Gasteiger partial charge in [0.1, 0.15) is 18.1 Å². The molecule has 1 atom stereocenters. The first-order chi connectivity index (χ1) is 10.1. The van der Waals surface area contributed by atoms with Crippen LogP contribution in [-0.4, -0.2) is 14.9 Å². The van der Waals surface area contributed by atoms with Gasteiger partial charge in [-0.2, -0.15) is 5.10 Å². The highest BCUT2D eigenvalue weighted by molar-refractivity contribution is 5.81. The number of fused-ring (bicyclic) bond motifs is 1. The van der Waals surface area contributed by atoms with E-state index in [1.165, 1.54) is 0 Å². The lowest BCUT2D eigenvalue weighted by molar-refractivity contribution is 0.199. The molecule has 0 amide bonds. The van der Waals surface area contributed by atoms with Crippen LogP contribution in [-0.2, 0) is 13.7 Å². The lowest BCUT2D eigenvalue weighted by atomic mass is 10.1. The molecule has 0 aliphatic carbocycles. The number of aliphatic hydroxyl groups is 1. The monoisotopic (exact) mass is 282 g/mol. The van der Waals surface area contributed by atoms with Gasteiger partial charge in [-0.15, -0.1) is 0 Å². The Morgan fingerprint density at radius 3 is 2.57 bits per heavy atom. The van der Waals surface area contributed by atoms with Crippen molar-refractivity contribution in [2.75, 3.05) is 0 Å². The van der Waals surface area contributed by atoms with Crippen LogP contribution in [0.1, 0.15) is 24.3 Å². The summed E-state index contributed by atoms with van der Waals surface area (Å²) in [5.74, 6) is 0.772. The van der Waals surface area contributed by atoms with E-state index in [1.807, 2.05) is 54.2 Å². The number of aryl methyl sites for hydroxylation is 1. The van der Waals surface area contributed by atoms with Crippen LogP contribution >= 0.6 is 0 Å². The molecule has 0 saturated carbocycles. The number of hydrogen-bond acceptors (Lipinski definition) is 3. The van der Waals surface area contributed by atoms with E-state index in [4.69, 9.17) is 4.74 Å². The Morgan fingerprint density at radius 2 is 1.86 bits per heavy atom. The second-order valence-electron chi connectivity index (χ2n) is 5.12. The van der Waals surface area contributed by atoms with Crippen LogP contribution in [0.5, 0.6) is 5.75 Å². The minimum atomic E-state index is -0.459. The van der Waals surface area contributed by atoms with Crippen LogP contribution in [0.15, 0.2) is 48.5 Å². The summed E-state index contributed by atoms with van der Waals surface area (Å²) in [5.41, 5.74) is 2.90. The molecular weight excluding hydrogens is 264 g/mol. The largest absolute Gasteiger partial charge is 0.487 e. The van der Waals surface area contributed by atoms with E-state index in [0.717, 1.165) is 27.9 Å². The van der Waals surface area contributed by atoms with Crippen LogP contribution in [0.25, 0.3) is 10.9 Å². The average molecular weight is 282 g/mol. The van der Waals surface area contributed by atoms with Gasteiger partial charge in [0, 0.05) is 12.4 Å². The summed E-state index contributed by atoms with van der Waals surface area (Å²) < 4.78 is 7.66. The Kier molecular flexibility index (Phi) is 3.62. The number of rotatable bonds is 4. The van der Waals surface area contributed by atoms with Gasteiger partial charge in [-0.25, -0.2) is 0 Å². The molecule has 4 nitrogen and oxygen atoms in total. The molecule has 21 heavy (non-hydrogen) atoms. The Labute approximate surface area is 123 Å². The van der Waals surface area contributed by atoms with Crippen molar-refractivity contribution >= 4 is 10.9 Å². The maximum Gasteiger partial charge on any atom is 0.133 e. The van der Waals surface area contributed by atoms with Crippen molar-refractivity contribution in [3.63, 3.8) is 0 Å². The Hall–Kier alpha value is -2.33. The van der Waals surface area contributed by atoms with Gasteiger partial charge in [0.25, 0.3) is 0 Å². The third-order valence-corrected chi connectivity index (χ3v) is 3.57. The summed E-state index contributed by atoms with van der Waals surface area (Å²) in [6.45, 7) is 2.17. The Morgan fingerprint density at radius 1 is 1.14 bits per heavy atom. The number of ether oxygens (including phenoxy) is 1. The Balaban J connectivity index is 1.77. The van der Waals surface area contributed by atoms with E-state index in [2.05, 4.69) is 11.2 Å². The zero-order valence-corrected chi connectivity index (χ0v) is 12.2. The molecule has 4 heteroatoms. The molecule has 0 aliphatic rings. The molecule has 1 N–H and O–H groups in total. The van der Waals surface area contributed by atoms with Crippen molar-refractivity contribution in [2.24, 2.45) is 7.05 Å². The SMILES string of the molecule is C[C@H](O)c1ccc(OCc2nn(C)c3ccccc23)cc1. The van der Waals surface area contributed by atoms with Crippen molar-refractivity contribution in [2.45, 2.75) is 19.6 Å². The van der Waals surface area contributed by atoms with Crippen LogP contribution in [0.2, 0.25) is 0 Å². The average Bonchev–Trinajstić information content (AvgIpc) is 2.83. The molecular formula is C17H18N2O2. The van der Waals surface area contributed by atoms with Gasteiger partial charge in [-0.3, -0.25) is 4.68 Å². The first-order valence-corrected chi connectivity index (χ1v) is 6.96. The predicted octanol–water partition coefficient (Wildman–Crippen LogP) is 3.21. The van der Waals surface area contributed by atoms with Crippen molar-refractivity contribution in [3.05, 3.63) is 59.8 Å². The third-order valence-electron chi connectivity index (χ3n) is 3.57. The standard InChI is InChI=1S/C17H18N2O2/c1-12(20)13-7-9-14(10-8-13)21-11-16-15-5-3-4-6-17(15)19(2)18-16/h3-10,12,20H,11H2,1-2H3/t12-/m0/s1. The van der Waals surface area contributed by atoms with Crippen LogP contribution in [0, 0.1) is 0 Å². The van der Waals surface area contributed by atoms with Gasteiger partial charge in [-0.05, 0) is 30.7 Å². The normalized spacial score (nSPS) is 12.5. The molecule has 0 saturated heterocycles. The van der Waals surface area contributed by atoms with Gasteiger partial charge in [0.2, 0.25) is 0 Å². The molecule has 2 aromatic carbocycles. The van der Waals surface area contributed by atoms with Crippen LogP contribution < -0.4 is 4.74 Å². The van der Waals surface area contributed by atoms with E-state index in [1.54, 1.807) is 6.92 Å². The van der Waals surface area contributed by atoms with Crippen molar-refractivity contribution in [1.29, 1.82) is 0 Å². The molecule has 1 heterocycles. The van der Waals surface area contributed by atoms with Gasteiger partial charge in [0.05, 0.1) is 11.6 Å². The van der Waals surface area contributed by atoms with E-state index in [0.29, 0.717) is 6.61 Å². The van der Waals surface area contributed by atoms with E-state index < -0.39 is 6.10 Å². The summed E-state index contributed by atoms with van der Waals surface area (Å²) in [4.78, 5) is 0. The van der Waals surface area contributed by atoms with Gasteiger partial charge in [-0.1, -0.05) is 30.3 Å². The fraction of sp³-hybridized carbons (Fsp3) is 0.235. The number of benzene rings is 2. The highest BCUT2D eigenvalue weighted by Gasteiger charge is 2.08. The minimum absolute atomic E-state index is 0.426. The lowest BCUT2D eigenvalue weighted by Gasteiger charge is -2.07. The molecule has 1 aromatic heterocycles. The molecule has 108 valence electrons. The van der Waals surface area contributed by atoms with Crippen molar-refractivity contribution in [1.82, 2.24) is 9.78 Å². The van der Waals surface area contributed by atoms with Gasteiger partial charge in [0.15, 0.2) is 0 Å². The summed E-state index contributed by atoms with van der Waals surface area (Å²) in [7, 11) is 1.93. The van der Waals surface area contributed by atoms with E-state index >= 15 is 0 Å². The molecule has 0 bridgehead atoms. The number of hydrogen-bond donors (Lipinski definition) is 1. The smallest absolute Gasteiger partial charge is 0.133 e. The van der Waals surface area contributed by atoms with Crippen LogP contribution in [0.3, 0.4) is 0 Å². The summed E-state index contributed by atoms with van der Waals surface area (Å²) in [6, 6.07) is 15.6. The molecule has 0 fully saturated rings. The summed E-state index contributed by atoms with van der Waals surface area (Å²) in [6.07, 6.45) is -0.459. The quantitative estimate of drug-likeness (QED) is 0.799. The lowest BCUT2D eigenvalue weighted by Crippen LogP contribution is -1.98. The fourth-order valence-electron chi connectivity index (χ4n) is 2.39. The maximum atomic E-state index is 9.49. The highest BCUT2D eigenvalue weighted by atomic mass is 16.5. The zero-order chi connectivity index (χ0) is 14.8. The molecule has 0 radical (unpaired) electrons. The molecule has 3 rings (SSSR count). The van der Waals surface area contributed by atoms with Gasteiger partial charge >= 0.3 is 0 Å². The number of nitrogens with zero attached hydrogens (tertiary/aromatic N) is 2. The fourth-order valence-corrected chi connectivity index (χ4v) is 2.39. The molecule has 0 aliphatic heterocycles. The molecule has 3 aromatic rings. The van der Waals surface area contributed by atoms with Crippen molar-refractivity contribution < 1.29 is 9.84 Å². The van der Waals surface area contributed by atoms with Crippen LogP contribution in [0.4, 0.5) is 0 Å². The molecule has 0 spiro atoms. The predicted molar refractivity (Wildman–Crippen MR) is 82.1 cm³/mol. The number of aromatic nitrogens is 2. The Bertz CT molecular complexity index is 745. The topological polar surface area (TPSA) is 47.3 Å². The number of para-hydroxylation sites is 1. The highest BCUT2D eigenvalue weighted by Crippen LogP contribution is 2.21. The second-order valence-corrected chi connectivity index (χ2v) is 5.12. The van der Waals surface area contributed by atoms with E-state index in [-0.39, 0.29) is 0 Å². The first-order valence-electron chi connectivity index (χ1n) is 6.96. The zero-order valence-electron chi connectivity index (χ0n) is 12.2. The van der Waals surface area contributed by atoms with Gasteiger partial charge < -0.3 is 9.84 Å². The second kappa shape index (κ2) is 5.58. The number of aliphatic hydroxyl groups excluding tert-OH is 1.